The Labute approximate surface area is 92.9 Å². The quantitative estimate of drug-likeness (QED) is 0.697. The van der Waals surface area contributed by atoms with E-state index in [9.17, 15) is 0 Å². The minimum atomic E-state index is 0.686. The first-order chi connectivity index (χ1) is 7.26. The Morgan fingerprint density at radius 2 is 2.27 bits per heavy atom. The molecule has 1 rings (SSSR count). The van der Waals surface area contributed by atoms with E-state index < -0.39 is 0 Å². The van der Waals surface area contributed by atoms with Crippen LogP contribution in [0, 0.1) is 5.92 Å². The molecular formula is C12H23N3. The van der Waals surface area contributed by atoms with Crippen molar-refractivity contribution in [3.63, 3.8) is 0 Å². The molecule has 0 aromatic carbocycles. The maximum atomic E-state index is 4.28. The number of aryl methyl sites for hydroxylation is 1. The summed E-state index contributed by atoms with van der Waals surface area (Å²) in [4.78, 5) is 0. The molecule has 0 aliphatic heterocycles. The standard InChI is InChI=1S/C12H23N3/c1-4-6-13-8-11(3)7-12-9-14-15(5-2)10-12/h9-11,13H,4-8H2,1-3H3. The molecule has 86 valence electrons. The lowest BCUT2D eigenvalue weighted by Crippen LogP contribution is -2.22. The Balaban J connectivity index is 2.27. The second kappa shape index (κ2) is 6.62. The second-order valence-electron chi connectivity index (χ2n) is 4.22. The highest BCUT2D eigenvalue weighted by molar-refractivity contribution is 5.04. The predicted molar refractivity (Wildman–Crippen MR) is 63.9 cm³/mol. The van der Waals surface area contributed by atoms with E-state index >= 15 is 0 Å². The molecule has 0 aliphatic carbocycles. The van der Waals surface area contributed by atoms with Crippen LogP contribution in [0.25, 0.3) is 0 Å². The van der Waals surface area contributed by atoms with Gasteiger partial charge in [0, 0.05) is 12.7 Å². The van der Waals surface area contributed by atoms with Crippen LogP contribution in [0.1, 0.15) is 32.8 Å². The molecule has 1 aromatic rings. The number of hydrogen-bond acceptors (Lipinski definition) is 2. The molecule has 0 amide bonds. The SMILES string of the molecule is CCCNCC(C)Cc1cnn(CC)c1. The highest BCUT2D eigenvalue weighted by Gasteiger charge is 2.04. The maximum Gasteiger partial charge on any atom is 0.0521 e. The summed E-state index contributed by atoms with van der Waals surface area (Å²) in [6, 6.07) is 0. The molecule has 0 saturated carbocycles. The topological polar surface area (TPSA) is 29.9 Å². The van der Waals surface area contributed by atoms with Gasteiger partial charge < -0.3 is 5.32 Å². The van der Waals surface area contributed by atoms with E-state index in [1.165, 1.54) is 12.0 Å². The van der Waals surface area contributed by atoms with Gasteiger partial charge in [-0.15, -0.1) is 0 Å². The molecule has 0 radical (unpaired) electrons. The summed E-state index contributed by atoms with van der Waals surface area (Å²) < 4.78 is 1.99. The number of aromatic nitrogens is 2. The molecule has 1 N–H and O–H groups in total. The lowest BCUT2D eigenvalue weighted by Gasteiger charge is -2.10. The van der Waals surface area contributed by atoms with Gasteiger partial charge in [-0.2, -0.15) is 5.10 Å². The Bertz CT molecular complexity index is 268. The van der Waals surface area contributed by atoms with Gasteiger partial charge in [-0.3, -0.25) is 4.68 Å². The van der Waals surface area contributed by atoms with Crippen LogP contribution >= 0.6 is 0 Å². The van der Waals surface area contributed by atoms with Crippen molar-refractivity contribution >= 4 is 0 Å². The van der Waals surface area contributed by atoms with Crippen LogP contribution in [0.4, 0.5) is 0 Å². The van der Waals surface area contributed by atoms with Gasteiger partial charge in [0.15, 0.2) is 0 Å². The van der Waals surface area contributed by atoms with Crippen molar-refractivity contribution in [1.82, 2.24) is 15.1 Å². The van der Waals surface area contributed by atoms with E-state index in [0.29, 0.717) is 5.92 Å². The summed E-state index contributed by atoms with van der Waals surface area (Å²) in [6.07, 6.45) is 6.47. The van der Waals surface area contributed by atoms with Gasteiger partial charge in [-0.25, -0.2) is 0 Å². The van der Waals surface area contributed by atoms with Crippen LogP contribution in [-0.4, -0.2) is 22.9 Å². The Kier molecular flexibility index (Phi) is 5.40. The average molecular weight is 209 g/mol. The number of hydrogen-bond donors (Lipinski definition) is 1. The molecule has 1 aromatic heterocycles. The normalized spacial score (nSPS) is 13.0. The highest BCUT2D eigenvalue weighted by atomic mass is 15.3. The van der Waals surface area contributed by atoms with Crippen LogP contribution in [0.3, 0.4) is 0 Å². The molecule has 15 heavy (non-hydrogen) atoms. The van der Waals surface area contributed by atoms with Crippen LogP contribution in [0.5, 0.6) is 0 Å². The zero-order valence-electron chi connectivity index (χ0n) is 10.2. The molecule has 0 spiro atoms. The van der Waals surface area contributed by atoms with Gasteiger partial charge in [0.2, 0.25) is 0 Å². The highest BCUT2D eigenvalue weighted by Crippen LogP contribution is 2.06. The number of nitrogens with zero attached hydrogens (tertiary/aromatic N) is 2. The van der Waals surface area contributed by atoms with Crippen LogP contribution in [0.15, 0.2) is 12.4 Å². The molecule has 0 bridgehead atoms. The minimum Gasteiger partial charge on any atom is -0.316 e. The lowest BCUT2D eigenvalue weighted by atomic mass is 10.0. The van der Waals surface area contributed by atoms with Gasteiger partial charge in [0.1, 0.15) is 0 Å². The third-order valence-corrected chi connectivity index (χ3v) is 2.51. The maximum absolute atomic E-state index is 4.28. The third kappa shape index (κ3) is 4.47. The molecular weight excluding hydrogens is 186 g/mol. The van der Waals surface area contributed by atoms with Gasteiger partial charge in [0.25, 0.3) is 0 Å². The fourth-order valence-corrected chi connectivity index (χ4v) is 1.68. The van der Waals surface area contributed by atoms with Crippen molar-refractivity contribution in [1.29, 1.82) is 0 Å². The van der Waals surface area contributed by atoms with Gasteiger partial charge in [-0.05, 0) is 44.3 Å². The van der Waals surface area contributed by atoms with Crippen molar-refractivity contribution in [3.05, 3.63) is 18.0 Å². The first-order valence-electron chi connectivity index (χ1n) is 5.98. The van der Waals surface area contributed by atoms with E-state index in [4.69, 9.17) is 0 Å². The van der Waals surface area contributed by atoms with Crippen LogP contribution < -0.4 is 5.32 Å². The summed E-state index contributed by atoms with van der Waals surface area (Å²) in [5, 5.41) is 7.73. The van der Waals surface area contributed by atoms with E-state index in [1.807, 2.05) is 10.9 Å². The lowest BCUT2D eigenvalue weighted by molar-refractivity contribution is 0.510. The molecule has 0 fully saturated rings. The molecule has 3 nitrogen and oxygen atoms in total. The minimum absolute atomic E-state index is 0.686. The Morgan fingerprint density at radius 1 is 1.47 bits per heavy atom. The van der Waals surface area contributed by atoms with Crippen LogP contribution in [0.2, 0.25) is 0 Å². The third-order valence-electron chi connectivity index (χ3n) is 2.51. The van der Waals surface area contributed by atoms with E-state index in [0.717, 1.165) is 26.1 Å². The summed E-state index contributed by atoms with van der Waals surface area (Å²) in [7, 11) is 0. The molecule has 0 aliphatic rings. The smallest absolute Gasteiger partial charge is 0.0521 e. The van der Waals surface area contributed by atoms with Gasteiger partial charge >= 0.3 is 0 Å². The van der Waals surface area contributed by atoms with Crippen molar-refractivity contribution in [2.45, 2.75) is 40.2 Å². The first kappa shape index (κ1) is 12.2. The molecule has 3 heteroatoms. The van der Waals surface area contributed by atoms with E-state index in [2.05, 4.69) is 37.4 Å². The van der Waals surface area contributed by atoms with Crippen molar-refractivity contribution in [3.8, 4) is 0 Å². The molecule has 1 unspecified atom stereocenters. The fraction of sp³-hybridized carbons (Fsp3) is 0.750. The first-order valence-corrected chi connectivity index (χ1v) is 5.98. The number of nitrogens with one attached hydrogen (secondary N) is 1. The van der Waals surface area contributed by atoms with Crippen molar-refractivity contribution in [2.24, 2.45) is 5.92 Å². The van der Waals surface area contributed by atoms with E-state index in [-0.39, 0.29) is 0 Å². The molecule has 0 saturated heterocycles. The molecule has 1 atom stereocenters. The van der Waals surface area contributed by atoms with Gasteiger partial charge in [0.05, 0.1) is 6.20 Å². The van der Waals surface area contributed by atoms with Gasteiger partial charge in [-0.1, -0.05) is 13.8 Å². The monoisotopic (exact) mass is 209 g/mol. The fourth-order valence-electron chi connectivity index (χ4n) is 1.68. The van der Waals surface area contributed by atoms with Crippen molar-refractivity contribution in [2.75, 3.05) is 13.1 Å². The second-order valence-corrected chi connectivity index (χ2v) is 4.22. The summed E-state index contributed by atoms with van der Waals surface area (Å²) in [5.74, 6) is 0.686. The van der Waals surface area contributed by atoms with E-state index in [1.54, 1.807) is 0 Å². The predicted octanol–water partition coefficient (Wildman–Crippen LogP) is 2.08. The number of rotatable bonds is 7. The Morgan fingerprint density at radius 3 is 2.87 bits per heavy atom. The molecule has 1 heterocycles. The van der Waals surface area contributed by atoms with Crippen LogP contribution in [-0.2, 0) is 13.0 Å². The van der Waals surface area contributed by atoms with Crippen molar-refractivity contribution < 1.29 is 0 Å². The zero-order valence-corrected chi connectivity index (χ0v) is 10.2. The Hall–Kier alpha value is -0.830. The zero-order chi connectivity index (χ0) is 11.1. The largest absolute Gasteiger partial charge is 0.316 e. The average Bonchev–Trinajstić information content (AvgIpc) is 2.66. The summed E-state index contributed by atoms with van der Waals surface area (Å²) in [5.41, 5.74) is 1.35. The summed E-state index contributed by atoms with van der Waals surface area (Å²) >= 11 is 0. The summed E-state index contributed by atoms with van der Waals surface area (Å²) in [6.45, 7) is 9.78.